The minimum absolute atomic E-state index is 0.0920. The maximum absolute atomic E-state index is 12.8. The summed E-state index contributed by atoms with van der Waals surface area (Å²) < 4.78 is 0. The summed E-state index contributed by atoms with van der Waals surface area (Å²) in [4.78, 5) is 43.5. The van der Waals surface area contributed by atoms with Crippen LogP contribution in [-0.2, 0) is 21.4 Å². The molecule has 1 atom stereocenters. The monoisotopic (exact) mass is 519 g/mol. The largest absolute Gasteiger partial charge is 0.477 e. The van der Waals surface area contributed by atoms with Gasteiger partial charge in [0.25, 0.3) is 0 Å². The van der Waals surface area contributed by atoms with Crippen LogP contribution in [0.15, 0.2) is 48.5 Å². The van der Waals surface area contributed by atoms with Crippen molar-refractivity contribution in [2.24, 2.45) is 5.73 Å². The van der Waals surface area contributed by atoms with Crippen molar-refractivity contribution in [3.05, 3.63) is 65.4 Å². The van der Waals surface area contributed by atoms with Gasteiger partial charge in [-0.25, -0.2) is 4.79 Å². The summed E-state index contributed by atoms with van der Waals surface area (Å²) >= 11 is 0. The third-order valence-electron chi connectivity index (χ3n) is 7.36. The van der Waals surface area contributed by atoms with E-state index in [0.717, 1.165) is 34.3 Å². The van der Waals surface area contributed by atoms with Crippen molar-refractivity contribution in [3.63, 3.8) is 0 Å². The van der Waals surface area contributed by atoms with E-state index in [9.17, 15) is 19.5 Å². The van der Waals surface area contributed by atoms with Gasteiger partial charge >= 0.3 is 5.97 Å². The van der Waals surface area contributed by atoms with Crippen molar-refractivity contribution in [3.8, 4) is 0 Å². The molecule has 0 unspecified atom stereocenters. The Balaban J connectivity index is 1.32. The van der Waals surface area contributed by atoms with Crippen LogP contribution in [0, 0.1) is 0 Å². The lowest BCUT2D eigenvalue weighted by molar-refractivity contribution is -0.123. The molecule has 1 saturated heterocycles. The molecule has 202 valence electrons. The number of aromatic carboxylic acids is 1. The number of nitrogens with two attached hydrogens (primary N) is 1. The van der Waals surface area contributed by atoms with E-state index in [1.807, 2.05) is 61.2 Å². The molecule has 3 aromatic rings. The number of nitrogens with zero attached hydrogens (tertiary/aromatic N) is 2. The minimum atomic E-state index is -1.00. The molecule has 1 aliphatic heterocycles. The Kier molecular flexibility index (Phi) is 7.89. The number of nitrogens with one attached hydrogen (secondary N) is 2. The SMILES string of the molecule is CC(C)N1CCN(c2ccc(C[C@H](N)C(=O)NCC(C)(C)c3ccc4[nH]c(C(=O)O)cc4c3)cc2)C(=O)C1. The summed E-state index contributed by atoms with van der Waals surface area (Å²) in [7, 11) is 0. The van der Waals surface area contributed by atoms with Crippen LogP contribution in [0.25, 0.3) is 10.9 Å². The number of amides is 2. The standard InChI is InChI=1S/C29H37N5O4/c1-18(2)33-11-12-34(26(35)16-33)22-8-5-19(6-9-22)13-23(30)27(36)31-17-29(3,4)21-7-10-24-20(14-21)15-25(32-24)28(37)38/h5-10,14-15,18,23,32H,11-13,16-17,30H2,1-4H3,(H,31,36)(H,37,38)/t23-/m0/s1. The number of fused-ring (bicyclic) bond motifs is 1. The molecule has 9 heteroatoms. The summed E-state index contributed by atoms with van der Waals surface area (Å²) in [6.07, 6.45) is 0.384. The molecular weight excluding hydrogens is 482 g/mol. The summed E-state index contributed by atoms with van der Waals surface area (Å²) in [6.45, 7) is 10.5. The summed E-state index contributed by atoms with van der Waals surface area (Å²) in [5.41, 5.74) is 9.49. The van der Waals surface area contributed by atoms with Gasteiger partial charge in [0.1, 0.15) is 5.69 Å². The van der Waals surface area contributed by atoms with Crippen molar-refractivity contribution in [2.75, 3.05) is 31.1 Å². The highest BCUT2D eigenvalue weighted by Gasteiger charge is 2.27. The highest BCUT2D eigenvalue weighted by Crippen LogP contribution is 2.27. The van der Waals surface area contributed by atoms with E-state index in [0.29, 0.717) is 32.1 Å². The van der Waals surface area contributed by atoms with Crippen LogP contribution < -0.4 is 16.0 Å². The third kappa shape index (κ3) is 6.06. The van der Waals surface area contributed by atoms with E-state index in [2.05, 4.69) is 29.0 Å². The lowest BCUT2D eigenvalue weighted by Crippen LogP contribution is -2.52. The number of rotatable bonds is 9. The van der Waals surface area contributed by atoms with Gasteiger partial charge in [0, 0.05) is 47.7 Å². The Hall–Kier alpha value is -3.69. The minimum Gasteiger partial charge on any atom is -0.477 e. The number of benzene rings is 2. The average Bonchev–Trinajstić information content (AvgIpc) is 3.32. The van der Waals surface area contributed by atoms with E-state index < -0.39 is 17.4 Å². The summed E-state index contributed by atoms with van der Waals surface area (Å²) in [6, 6.07) is 14.7. The van der Waals surface area contributed by atoms with Gasteiger partial charge in [-0.2, -0.15) is 0 Å². The molecule has 0 aliphatic carbocycles. The van der Waals surface area contributed by atoms with Crippen LogP contribution in [0.2, 0.25) is 0 Å². The highest BCUT2D eigenvalue weighted by molar-refractivity contribution is 5.95. The Morgan fingerprint density at radius 2 is 1.82 bits per heavy atom. The number of aromatic nitrogens is 1. The summed E-state index contributed by atoms with van der Waals surface area (Å²) in [5, 5.41) is 13.0. The van der Waals surface area contributed by atoms with Crippen LogP contribution in [0.3, 0.4) is 0 Å². The maximum Gasteiger partial charge on any atom is 0.352 e. The van der Waals surface area contributed by atoms with Crippen molar-refractivity contribution in [2.45, 2.75) is 51.6 Å². The number of hydrogen-bond donors (Lipinski definition) is 4. The van der Waals surface area contributed by atoms with E-state index >= 15 is 0 Å². The Bertz CT molecular complexity index is 1330. The van der Waals surface area contributed by atoms with Crippen LogP contribution in [-0.4, -0.2) is 71.0 Å². The Morgan fingerprint density at radius 1 is 1.11 bits per heavy atom. The van der Waals surface area contributed by atoms with Crippen molar-refractivity contribution < 1.29 is 19.5 Å². The molecule has 1 aliphatic rings. The molecule has 38 heavy (non-hydrogen) atoms. The number of carbonyl (C=O) groups excluding carboxylic acids is 2. The number of carboxylic acid groups (broad SMARTS) is 1. The molecule has 0 radical (unpaired) electrons. The zero-order valence-electron chi connectivity index (χ0n) is 22.5. The second kappa shape index (κ2) is 11.0. The van der Waals surface area contributed by atoms with Crippen LogP contribution >= 0.6 is 0 Å². The first-order valence-electron chi connectivity index (χ1n) is 13.0. The molecule has 0 bridgehead atoms. The zero-order valence-corrected chi connectivity index (χ0v) is 22.5. The normalized spacial score (nSPS) is 15.7. The average molecular weight is 520 g/mol. The van der Waals surface area contributed by atoms with Gasteiger partial charge in [-0.05, 0) is 61.7 Å². The maximum atomic E-state index is 12.8. The van der Waals surface area contributed by atoms with E-state index in [-0.39, 0.29) is 17.5 Å². The molecule has 5 N–H and O–H groups in total. The topological polar surface area (TPSA) is 132 Å². The first-order chi connectivity index (χ1) is 17.9. The number of carbonyl (C=O) groups is 3. The second-order valence-electron chi connectivity index (χ2n) is 11.0. The number of aromatic amines is 1. The predicted octanol–water partition coefficient (Wildman–Crippen LogP) is 2.89. The summed E-state index contributed by atoms with van der Waals surface area (Å²) in [5.74, 6) is -1.15. The fraction of sp³-hybridized carbons (Fsp3) is 0.414. The smallest absolute Gasteiger partial charge is 0.352 e. The van der Waals surface area contributed by atoms with Crippen LogP contribution in [0.1, 0.15) is 49.3 Å². The van der Waals surface area contributed by atoms with Gasteiger partial charge in [0.15, 0.2) is 0 Å². The number of carboxylic acids is 1. The quantitative estimate of drug-likeness (QED) is 0.344. The number of anilines is 1. The van der Waals surface area contributed by atoms with E-state index in [1.165, 1.54) is 0 Å². The molecule has 2 heterocycles. The number of H-pyrrole nitrogens is 1. The van der Waals surface area contributed by atoms with Gasteiger partial charge < -0.3 is 26.0 Å². The molecular formula is C29H37N5O4. The second-order valence-corrected chi connectivity index (χ2v) is 11.0. The Morgan fingerprint density at radius 3 is 2.45 bits per heavy atom. The molecule has 0 spiro atoms. The van der Waals surface area contributed by atoms with Gasteiger partial charge in [-0.15, -0.1) is 0 Å². The third-order valence-corrected chi connectivity index (χ3v) is 7.36. The molecule has 0 saturated carbocycles. The van der Waals surface area contributed by atoms with Gasteiger partial charge in [0.2, 0.25) is 11.8 Å². The number of hydrogen-bond acceptors (Lipinski definition) is 5. The molecule has 1 aromatic heterocycles. The zero-order chi connectivity index (χ0) is 27.6. The Labute approximate surface area is 223 Å². The van der Waals surface area contributed by atoms with E-state index in [1.54, 1.807) is 6.07 Å². The van der Waals surface area contributed by atoms with E-state index in [4.69, 9.17) is 5.73 Å². The van der Waals surface area contributed by atoms with Gasteiger partial charge in [-0.1, -0.05) is 32.0 Å². The first-order valence-corrected chi connectivity index (χ1v) is 13.0. The number of piperazine rings is 1. The molecule has 4 rings (SSSR count). The van der Waals surface area contributed by atoms with Crippen molar-refractivity contribution in [1.82, 2.24) is 15.2 Å². The fourth-order valence-corrected chi connectivity index (χ4v) is 4.77. The fourth-order valence-electron chi connectivity index (χ4n) is 4.77. The van der Waals surface area contributed by atoms with Crippen molar-refractivity contribution in [1.29, 1.82) is 0 Å². The lowest BCUT2D eigenvalue weighted by Gasteiger charge is -2.36. The highest BCUT2D eigenvalue weighted by atomic mass is 16.4. The molecule has 2 amide bonds. The van der Waals surface area contributed by atoms with Crippen molar-refractivity contribution >= 4 is 34.4 Å². The van der Waals surface area contributed by atoms with Gasteiger partial charge in [0.05, 0.1) is 12.6 Å². The first kappa shape index (κ1) is 27.3. The molecule has 9 nitrogen and oxygen atoms in total. The van der Waals surface area contributed by atoms with Crippen LogP contribution in [0.4, 0.5) is 5.69 Å². The van der Waals surface area contributed by atoms with Gasteiger partial charge in [-0.3, -0.25) is 14.5 Å². The van der Waals surface area contributed by atoms with Crippen LogP contribution in [0.5, 0.6) is 0 Å². The molecule has 2 aromatic carbocycles. The molecule has 1 fully saturated rings. The lowest BCUT2D eigenvalue weighted by atomic mass is 9.84. The predicted molar refractivity (Wildman–Crippen MR) is 148 cm³/mol.